The predicted octanol–water partition coefficient (Wildman–Crippen LogP) is 5.35. The van der Waals surface area contributed by atoms with Gasteiger partial charge in [0.25, 0.3) is 0 Å². The van der Waals surface area contributed by atoms with Crippen molar-refractivity contribution in [2.45, 2.75) is 40.2 Å². The maximum absolute atomic E-state index is 6.22. The molecule has 2 aromatic carbocycles. The zero-order chi connectivity index (χ0) is 15.4. The van der Waals surface area contributed by atoms with Crippen LogP contribution in [0.4, 0.5) is 0 Å². The van der Waals surface area contributed by atoms with Gasteiger partial charge in [0.2, 0.25) is 0 Å². The van der Waals surface area contributed by atoms with Gasteiger partial charge in [-0.1, -0.05) is 53.9 Å². The van der Waals surface area contributed by atoms with Gasteiger partial charge < -0.3 is 5.32 Å². The zero-order valence-electron chi connectivity index (χ0n) is 13.3. The minimum atomic E-state index is 0.197. The first-order chi connectivity index (χ1) is 10.0. The Morgan fingerprint density at radius 1 is 1.00 bits per heavy atom. The lowest BCUT2D eigenvalue weighted by atomic mass is 9.92. The standard InChI is InChI=1S/C19H24ClN/c1-5-8-21-19(16-10-13(2)9-14(3)11-16)18-12-17(20)7-6-15(18)4/h6-7,9-12,19,21H,5,8H2,1-4H3. The summed E-state index contributed by atoms with van der Waals surface area (Å²) >= 11 is 6.22. The molecule has 0 heterocycles. The molecule has 0 aromatic heterocycles. The summed E-state index contributed by atoms with van der Waals surface area (Å²) in [6, 6.07) is 13.1. The Balaban J connectivity index is 2.49. The van der Waals surface area contributed by atoms with E-state index < -0.39 is 0 Å². The molecule has 1 unspecified atom stereocenters. The molecule has 0 amide bonds. The first-order valence-electron chi connectivity index (χ1n) is 7.59. The Kier molecular flexibility index (Phi) is 5.44. The molecule has 21 heavy (non-hydrogen) atoms. The summed E-state index contributed by atoms with van der Waals surface area (Å²) in [4.78, 5) is 0. The molecule has 112 valence electrons. The van der Waals surface area contributed by atoms with Gasteiger partial charge >= 0.3 is 0 Å². The van der Waals surface area contributed by atoms with Crippen LogP contribution in [0.25, 0.3) is 0 Å². The van der Waals surface area contributed by atoms with Gasteiger partial charge in [0.15, 0.2) is 0 Å². The first-order valence-corrected chi connectivity index (χ1v) is 7.96. The Morgan fingerprint density at radius 2 is 1.67 bits per heavy atom. The van der Waals surface area contributed by atoms with Gasteiger partial charge in [-0.25, -0.2) is 0 Å². The van der Waals surface area contributed by atoms with E-state index in [1.807, 2.05) is 6.07 Å². The molecule has 0 aliphatic rings. The minimum Gasteiger partial charge on any atom is -0.306 e. The zero-order valence-corrected chi connectivity index (χ0v) is 14.1. The minimum absolute atomic E-state index is 0.197. The van der Waals surface area contributed by atoms with Gasteiger partial charge in [-0.3, -0.25) is 0 Å². The van der Waals surface area contributed by atoms with Gasteiger partial charge in [-0.05, 0) is 62.6 Å². The number of rotatable bonds is 5. The highest BCUT2D eigenvalue weighted by atomic mass is 35.5. The van der Waals surface area contributed by atoms with Crippen molar-refractivity contribution in [3.05, 3.63) is 69.2 Å². The van der Waals surface area contributed by atoms with Gasteiger partial charge in [0.05, 0.1) is 6.04 Å². The third-order valence-electron chi connectivity index (χ3n) is 3.73. The van der Waals surface area contributed by atoms with Crippen LogP contribution in [0.3, 0.4) is 0 Å². The van der Waals surface area contributed by atoms with Gasteiger partial charge in [-0.15, -0.1) is 0 Å². The highest BCUT2D eigenvalue weighted by molar-refractivity contribution is 6.30. The van der Waals surface area contributed by atoms with E-state index in [1.165, 1.54) is 27.8 Å². The molecule has 0 aliphatic heterocycles. The van der Waals surface area contributed by atoms with Gasteiger partial charge in [0.1, 0.15) is 0 Å². The molecule has 0 saturated heterocycles. The van der Waals surface area contributed by atoms with Crippen LogP contribution in [0.15, 0.2) is 36.4 Å². The van der Waals surface area contributed by atoms with E-state index in [0.29, 0.717) is 0 Å². The van der Waals surface area contributed by atoms with Crippen LogP contribution in [0.2, 0.25) is 5.02 Å². The highest BCUT2D eigenvalue weighted by Gasteiger charge is 2.16. The van der Waals surface area contributed by atoms with Crippen LogP contribution >= 0.6 is 11.6 Å². The smallest absolute Gasteiger partial charge is 0.0580 e. The van der Waals surface area contributed by atoms with E-state index in [4.69, 9.17) is 11.6 Å². The maximum atomic E-state index is 6.22. The third kappa shape index (κ3) is 4.09. The summed E-state index contributed by atoms with van der Waals surface area (Å²) in [5.74, 6) is 0. The average molecular weight is 302 g/mol. The maximum Gasteiger partial charge on any atom is 0.0580 e. The van der Waals surface area contributed by atoms with E-state index >= 15 is 0 Å². The Bertz CT molecular complexity index is 599. The van der Waals surface area contributed by atoms with Crippen molar-refractivity contribution in [3.8, 4) is 0 Å². The monoisotopic (exact) mass is 301 g/mol. The summed E-state index contributed by atoms with van der Waals surface area (Å²) in [6.45, 7) is 9.63. The summed E-state index contributed by atoms with van der Waals surface area (Å²) in [6.07, 6.45) is 1.11. The number of benzene rings is 2. The van der Waals surface area contributed by atoms with Crippen molar-refractivity contribution in [2.75, 3.05) is 6.54 Å². The number of aryl methyl sites for hydroxylation is 3. The number of hydrogen-bond donors (Lipinski definition) is 1. The molecule has 0 fully saturated rings. The molecule has 2 heteroatoms. The van der Waals surface area contributed by atoms with Crippen molar-refractivity contribution in [3.63, 3.8) is 0 Å². The quantitative estimate of drug-likeness (QED) is 0.784. The van der Waals surface area contributed by atoms with Crippen LogP contribution in [0, 0.1) is 20.8 Å². The van der Waals surface area contributed by atoms with Crippen LogP contribution in [0.5, 0.6) is 0 Å². The van der Waals surface area contributed by atoms with E-state index in [9.17, 15) is 0 Å². The normalized spacial score (nSPS) is 12.4. The molecular formula is C19H24ClN. The summed E-state index contributed by atoms with van der Waals surface area (Å²) in [5, 5.41) is 4.46. The summed E-state index contributed by atoms with van der Waals surface area (Å²) in [7, 11) is 0. The molecule has 0 spiro atoms. The van der Waals surface area contributed by atoms with E-state index in [0.717, 1.165) is 18.0 Å². The molecule has 0 radical (unpaired) electrons. The molecule has 0 saturated carbocycles. The van der Waals surface area contributed by atoms with Crippen molar-refractivity contribution >= 4 is 11.6 Å². The lowest BCUT2D eigenvalue weighted by molar-refractivity contribution is 0.596. The number of nitrogens with one attached hydrogen (secondary N) is 1. The lowest BCUT2D eigenvalue weighted by Gasteiger charge is -2.23. The second kappa shape index (κ2) is 7.11. The molecule has 1 N–H and O–H groups in total. The predicted molar refractivity (Wildman–Crippen MR) is 92.2 cm³/mol. The van der Waals surface area contributed by atoms with E-state index in [1.54, 1.807) is 0 Å². The molecular weight excluding hydrogens is 278 g/mol. The third-order valence-corrected chi connectivity index (χ3v) is 3.96. The van der Waals surface area contributed by atoms with E-state index in [-0.39, 0.29) is 6.04 Å². The fraction of sp³-hybridized carbons (Fsp3) is 0.368. The molecule has 2 rings (SSSR count). The second-order valence-electron chi connectivity index (χ2n) is 5.81. The van der Waals surface area contributed by atoms with Crippen LogP contribution in [0.1, 0.15) is 47.2 Å². The molecule has 0 aliphatic carbocycles. The Labute approximate surface area is 133 Å². The van der Waals surface area contributed by atoms with Crippen LogP contribution in [-0.2, 0) is 0 Å². The molecule has 0 bridgehead atoms. The van der Waals surface area contributed by atoms with Crippen molar-refractivity contribution in [1.82, 2.24) is 5.32 Å². The lowest BCUT2D eigenvalue weighted by Crippen LogP contribution is -2.24. The Morgan fingerprint density at radius 3 is 2.29 bits per heavy atom. The molecule has 1 nitrogen and oxygen atoms in total. The molecule has 2 aromatic rings. The highest BCUT2D eigenvalue weighted by Crippen LogP contribution is 2.28. The summed E-state index contributed by atoms with van der Waals surface area (Å²) in [5.41, 5.74) is 6.44. The van der Waals surface area contributed by atoms with E-state index in [2.05, 4.69) is 63.3 Å². The molecule has 1 atom stereocenters. The first kappa shape index (κ1) is 16.1. The topological polar surface area (TPSA) is 12.0 Å². The fourth-order valence-electron chi connectivity index (χ4n) is 2.79. The second-order valence-corrected chi connectivity index (χ2v) is 6.25. The Hall–Kier alpha value is -1.31. The SMILES string of the molecule is CCCNC(c1cc(C)cc(C)c1)c1cc(Cl)ccc1C. The van der Waals surface area contributed by atoms with Gasteiger partial charge in [-0.2, -0.15) is 0 Å². The van der Waals surface area contributed by atoms with Crippen molar-refractivity contribution < 1.29 is 0 Å². The summed E-state index contributed by atoms with van der Waals surface area (Å²) < 4.78 is 0. The number of halogens is 1. The van der Waals surface area contributed by atoms with Crippen molar-refractivity contribution in [2.24, 2.45) is 0 Å². The average Bonchev–Trinajstić information content (AvgIpc) is 2.42. The van der Waals surface area contributed by atoms with Crippen LogP contribution in [-0.4, -0.2) is 6.54 Å². The van der Waals surface area contributed by atoms with Crippen LogP contribution < -0.4 is 5.32 Å². The number of hydrogen-bond acceptors (Lipinski definition) is 1. The van der Waals surface area contributed by atoms with Gasteiger partial charge in [0, 0.05) is 5.02 Å². The van der Waals surface area contributed by atoms with Crippen molar-refractivity contribution in [1.29, 1.82) is 0 Å². The fourth-order valence-corrected chi connectivity index (χ4v) is 2.98. The largest absolute Gasteiger partial charge is 0.306 e.